The van der Waals surface area contributed by atoms with Crippen molar-refractivity contribution in [3.05, 3.63) is 52.1 Å². The molecule has 0 saturated carbocycles. The highest BCUT2D eigenvalue weighted by Crippen LogP contribution is 2.21. The van der Waals surface area contributed by atoms with E-state index in [0.29, 0.717) is 22.5 Å². The number of hydrogen-bond acceptors (Lipinski definition) is 3. The number of nitrogens with one attached hydrogen (secondary N) is 3. The van der Waals surface area contributed by atoms with E-state index < -0.39 is 23.1 Å². The Labute approximate surface area is 157 Å². The summed E-state index contributed by atoms with van der Waals surface area (Å²) >= 11 is 0. The molecule has 0 saturated heterocycles. The summed E-state index contributed by atoms with van der Waals surface area (Å²) in [4.78, 5) is 40.1. The second-order valence-corrected chi connectivity index (χ2v) is 7.58. The van der Waals surface area contributed by atoms with Crippen molar-refractivity contribution in [3.8, 4) is 0 Å². The lowest BCUT2D eigenvalue weighted by Gasteiger charge is -2.19. The number of ketones is 1. The van der Waals surface area contributed by atoms with Crippen molar-refractivity contribution in [1.29, 1.82) is 0 Å². The molecule has 0 unspecified atom stereocenters. The Hall–Kier alpha value is -2.96. The van der Waals surface area contributed by atoms with E-state index in [-0.39, 0.29) is 17.1 Å². The topological polar surface area (TPSA) is 91.1 Å². The molecule has 1 aromatic heterocycles. The zero-order valence-corrected chi connectivity index (χ0v) is 16.3. The van der Waals surface area contributed by atoms with Gasteiger partial charge in [0.1, 0.15) is 5.82 Å². The first-order valence-corrected chi connectivity index (χ1v) is 8.54. The zero-order valence-electron chi connectivity index (χ0n) is 16.3. The molecule has 1 heterocycles. The van der Waals surface area contributed by atoms with Crippen LogP contribution in [0.3, 0.4) is 0 Å². The number of aryl methyl sites for hydroxylation is 2. The highest BCUT2D eigenvalue weighted by molar-refractivity contribution is 6.43. The molecule has 0 aliphatic heterocycles. The summed E-state index contributed by atoms with van der Waals surface area (Å²) in [5.74, 6) is -2.28. The lowest BCUT2D eigenvalue weighted by molar-refractivity contribution is -0.118. The molecule has 0 spiro atoms. The van der Waals surface area contributed by atoms with Crippen molar-refractivity contribution in [3.63, 3.8) is 0 Å². The van der Waals surface area contributed by atoms with Gasteiger partial charge < -0.3 is 15.6 Å². The second-order valence-electron chi connectivity index (χ2n) is 7.58. The van der Waals surface area contributed by atoms with Gasteiger partial charge in [-0.2, -0.15) is 0 Å². The molecule has 0 bridgehead atoms. The molecule has 0 aliphatic rings. The van der Waals surface area contributed by atoms with Crippen molar-refractivity contribution < 1.29 is 18.8 Å². The van der Waals surface area contributed by atoms with Gasteiger partial charge in [0.15, 0.2) is 0 Å². The molecular weight excluding hydrogens is 349 g/mol. The number of anilines is 1. The first-order valence-electron chi connectivity index (χ1n) is 8.54. The average Bonchev–Trinajstić information content (AvgIpc) is 2.83. The third-order valence-corrected chi connectivity index (χ3v) is 4.00. The number of rotatable bonds is 4. The third kappa shape index (κ3) is 4.61. The quantitative estimate of drug-likeness (QED) is 0.566. The van der Waals surface area contributed by atoms with Crippen LogP contribution in [0.15, 0.2) is 18.2 Å². The maximum atomic E-state index is 13.4. The molecule has 27 heavy (non-hydrogen) atoms. The summed E-state index contributed by atoms with van der Waals surface area (Å²) in [5.41, 5.74) is 1.51. The van der Waals surface area contributed by atoms with Crippen LogP contribution in [0.2, 0.25) is 0 Å². The van der Waals surface area contributed by atoms with Crippen LogP contribution in [0.25, 0.3) is 0 Å². The number of aromatic amines is 1. The predicted octanol–water partition coefficient (Wildman–Crippen LogP) is 3.43. The number of Topliss-reactive ketones (excluding diaryl/α,β-unsaturated/α-hetero) is 1. The van der Waals surface area contributed by atoms with Crippen molar-refractivity contribution >= 4 is 23.3 Å². The number of benzene rings is 1. The number of H-pyrrole nitrogens is 1. The zero-order chi connectivity index (χ0) is 20.5. The van der Waals surface area contributed by atoms with E-state index in [4.69, 9.17) is 0 Å². The van der Waals surface area contributed by atoms with Gasteiger partial charge in [0.05, 0.1) is 11.3 Å². The molecule has 2 aromatic rings. The molecule has 2 amide bonds. The largest absolute Gasteiger partial charge is 0.355 e. The minimum absolute atomic E-state index is 0.0784. The Morgan fingerprint density at radius 1 is 1.07 bits per heavy atom. The lowest BCUT2D eigenvalue weighted by Crippen LogP contribution is -2.44. The predicted molar refractivity (Wildman–Crippen MR) is 102 cm³/mol. The van der Waals surface area contributed by atoms with Crippen molar-refractivity contribution in [1.82, 2.24) is 10.3 Å². The van der Waals surface area contributed by atoms with Crippen LogP contribution in [0, 0.1) is 26.6 Å². The SMILES string of the molecule is Cc1cc(NC(=O)c2c(C)[nH]c(C(=O)C(=O)NC(C)(C)C)c2C)ccc1F. The van der Waals surface area contributed by atoms with Gasteiger partial charge in [-0.1, -0.05) is 0 Å². The minimum atomic E-state index is -0.743. The number of amides is 2. The van der Waals surface area contributed by atoms with Crippen molar-refractivity contribution in [2.75, 3.05) is 5.32 Å². The first-order chi connectivity index (χ1) is 12.4. The van der Waals surface area contributed by atoms with Gasteiger partial charge in [-0.05, 0) is 70.9 Å². The van der Waals surface area contributed by atoms with Crippen LogP contribution in [0.5, 0.6) is 0 Å². The number of carbonyl (C=O) groups is 3. The van der Waals surface area contributed by atoms with E-state index in [1.807, 2.05) is 0 Å². The summed E-state index contributed by atoms with van der Waals surface area (Å²) in [5, 5.41) is 5.30. The van der Waals surface area contributed by atoms with Gasteiger partial charge in [0, 0.05) is 16.9 Å². The molecule has 2 rings (SSSR count). The lowest BCUT2D eigenvalue weighted by atomic mass is 10.1. The molecule has 7 heteroatoms. The normalized spacial score (nSPS) is 11.2. The van der Waals surface area contributed by atoms with E-state index in [0.717, 1.165) is 0 Å². The summed E-state index contributed by atoms with van der Waals surface area (Å²) in [6.45, 7) is 10.2. The summed E-state index contributed by atoms with van der Waals surface area (Å²) < 4.78 is 13.4. The van der Waals surface area contributed by atoms with Gasteiger partial charge in [-0.15, -0.1) is 0 Å². The van der Waals surface area contributed by atoms with E-state index in [1.165, 1.54) is 18.2 Å². The molecule has 144 valence electrons. The van der Waals surface area contributed by atoms with Crippen LogP contribution in [0.4, 0.5) is 10.1 Å². The molecular formula is C20H24FN3O3. The maximum Gasteiger partial charge on any atom is 0.294 e. The van der Waals surface area contributed by atoms with E-state index in [9.17, 15) is 18.8 Å². The molecule has 0 atom stereocenters. The summed E-state index contributed by atoms with van der Waals surface area (Å²) in [6, 6.07) is 4.25. The van der Waals surface area contributed by atoms with Crippen LogP contribution in [0.1, 0.15) is 58.4 Å². The molecule has 0 radical (unpaired) electrons. The van der Waals surface area contributed by atoms with E-state index in [1.54, 1.807) is 41.5 Å². The molecule has 6 nitrogen and oxygen atoms in total. The molecule has 0 fully saturated rings. The molecule has 3 N–H and O–H groups in total. The van der Waals surface area contributed by atoms with Gasteiger partial charge in [-0.3, -0.25) is 14.4 Å². The fourth-order valence-corrected chi connectivity index (χ4v) is 2.74. The first kappa shape index (κ1) is 20.4. The second kappa shape index (κ2) is 7.34. The fourth-order valence-electron chi connectivity index (χ4n) is 2.74. The Balaban J connectivity index is 2.28. The average molecular weight is 373 g/mol. The Morgan fingerprint density at radius 3 is 2.26 bits per heavy atom. The van der Waals surface area contributed by atoms with Gasteiger partial charge in [0.2, 0.25) is 0 Å². The monoisotopic (exact) mass is 373 g/mol. The number of hydrogen-bond donors (Lipinski definition) is 3. The highest BCUT2D eigenvalue weighted by atomic mass is 19.1. The van der Waals surface area contributed by atoms with E-state index in [2.05, 4.69) is 15.6 Å². The van der Waals surface area contributed by atoms with Crippen LogP contribution < -0.4 is 10.6 Å². The molecule has 0 aliphatic carbocycles. The summed E-state index contributed by atoms with van der Waals surface area (Å²) in [7, 11) is 0. The van der Waals surface area contributed by atoms with Crippen LogP contribution in [-0.4, -0.2) is 28.1 Å². The van der Waals surface area contributed by atoms with Gasteiger partial charge in [-0.25, -0.2) is 4.39 Å². The third-order valence-electron chi connectivity index (χ3n) is 4.00. The Morgan fingerprint density at radius 2 is 1.70 bits per heavy atom. The van der Waals surface area contributed by atoms with Crippen molar-refractivity contribution in [2.45, 2.75) is 47.1 Å². The number of carbonyl (C=O) groups excluding carboxylic acids is 3. The molecule has 1 aromatic carbocycles. The van der Waals surface area contributed by atoms with E-state index >= 15 is 0 Å². The number of aromatic nitrogens is 1. The minimum Gasteiger partial charge on any atom is -0.355 e. The van der Waals surface area contributed by atoms with Gasteiger partial charge in [0.25, 0.3) is 17.6 Å². The smallest absolute Gasteiger partial charge is 0.294 e. The van der Waals surface area contributed by atoms with Gasteiger partial charge >= 0.3 is 0 Å². The Kier molecular flexibility index (Phi) is 5.54. The van der Waals surface area contributed by atoms with Crippen LogP contribution in [-0.2, 0) is 4.79 Å². The number of halogens is 1. The standard InChI is InChI=1S/C20H24FN3O3/c1-10-9-13(7-8-14(10)21)23-18(26)15-11(2)16(22-12(15)3)17(25)19(27)24-20(4,5)6/h7-9,22H,1-6H3,(H,23,26)(H,24,27). The van der Waals surface area contributed by atoms with Crippen LogP contribution >= 0.6 is 0 Å². The Bertz CT molecular complexity index is 923. The fraction of sp³-hybridized carbons (Fsp3) is 0.350. The highest BCUT2D eigenvalue weighted by Gasteiger charge is 2.28. The maximum absolute atomic E-state index is 13.4. The van der Waals surface area contributed by atoms with Crippen molar-refractivity contribution in [2.24, 2.45) is 0 Å². The summed E-state index contributed by atoms with van der Waals surface area (Å²) in [6.07, 6.45) is 0.